The first-order valence-corrected chi connectivity index (χ1v) is 10.3. The van der Waals surface area contributed by atoms with Crippen molar-refractivity contribution in [2.45, 2.75) is 20.3 Å². The number of nitrogens with one attached hydrogen (secondary N) is 3. The molecule has 0 aliphatic rings. The first kappa shape index (κ1) is 21.9. The summed E-state index contributed by atoms with van der Waals surface area (Å²) in [5.41, 5.74) is 3.35. The lowest BCUT2D eigenvalue weighted by Crippen LogP contribution is -2.25. The molecule has 0 saturated carbocycles. The van der Waals surface area contributed by atoms with E-state index >= 15 is 0 Å². The third-order valence-corrected chi connectivity index (χ3v) is 4.69. The Morgan fingerprint density at radius 2 is 1.42 bits per heavy atom. The Morgan fingerprint density at radius 3 is 2.10 bits per heavy atom. The Balaban J connectivity index is 1.59. The van der Waals surface area contributed by atoms with Gasteiger partial charge in [0.05, 0.1) is 0 Å². The van der Waals surface area contributed by atoms with Gasteiger partial charge in [-0.05, 0) is 79.1 Å². The maximum atomic E-state index is 12.4. The summed E-state index contributed by atoms with van der Waals surface area (Å²) in [6.07, 6.45) is 0.949. The second-order valence-electron chi connectivity index (χ2n) is 7.72. The molecule has 0 aliphatic carbocycles. The zero-order valence-corrected chi connectivity index (χ0v) is 17.7. The van der Waals surface area contributed by atoms with Crippen LogP contribution in [-0.2, 0) is 0 Å². The molecule has 0 atom stereocenters. The Morgan fingerprint density at radius 1 is 0.806 bits per heavy atom. The minimum atomic E-state index is -0.259. The van der Waals surface area contributed by atoms with Gasteiger partial charge in [0.15, 0.2) is 0 Å². The molecule has 2 amide bonds. The van der Waals surface area contributed by atoms with E-state index in [1.54, 1.807) is 30.3 Å². The van der Waals surface area contributed by atoms with Gasteiger partial charge in [-0.25, -0.2) is 0 Å². The third kappa shape index (κ3) is 6.60. The maximum Gasteiger partial charge on any atom is 0.255 e. The lowest BCUT2D eigenvalue weighted by molar-refractivity contribution is 0.0951. The van der Waals surface area contributed by atoms with Crippen LogP contribution in [0, 0.1) is 5.92 Å². The number of anilines is 3. The zero-order valence-electron chi connectivity index (χ0n) is 17.7. The van der Waals surface area contributed by atoms with Gasteiger partial charge in [-0.15, -0.1) is 0 Å². The predicted octanol–water partition coefficient (Wildman–Crippen LogP) is 5.16. The van der Waals surface area contributed by atoms with Crippen LogP contribution >= 0.6 is 0 Å². The van der Waals surface area contributed by atoms with Crippen molar-refractivity contribution in [1.82, 2.24) is 5.32 Å². The monoisotopic (exact) mass is 417 g/mol. The van der Waals surface area contributed by atoms with Gasteiger partial charge in [-0.2, -0.15) is 0 Å². The molecule has 31 heavy (non-hydrogen) atoms. The summed E-state index contributed by atoms with van der Waals surface area (Å²) in [4.78, 5) is 24.6. The van der Waals surface area contributed by atoms with Gasteiger partial charge < -0.3 is 21.1 Å². The number of amides is 2. The van der Waals surface area contributed by atoms with Crippen LogP contribution in [0.4, 0.5) is 17.1 Å². The normalized spacial score (nSPS) is 10.5. The van der Waals surface area contributed by atoms with E-state index in [2.05, 4.69) is 29.8 Å². The van der Waals surface area contributed by atoms with Crippen molar-refractivity contribution < 1.29 is 14.7 Å². The highest BCUT2D eigenvalue weighted by atomic mass is 16.3. The van der Waals surface area contributed by atoms with Gasteiger partial charge in [0, 0.05) is 34.7 Å². The Labute approximate surface area is 182 Å². The summed E-state index contributed by atoms with van der Waals surface area (Å²) in [6, 6.07) is 20.7. The molecular formula is C25H27N3O3. The highest BCUT2D eigenvalue weighted by Crippen LogP contribution is 2.21. The van der Waals surface area contributed by atoms with Crippen LogP contribution in [0.25, 0.3) is 0 Å². The molecule has 0 fully saturated rings. The van der Waals surface area contributed by atoms with Crippen molar-refractivity contribution in [3.05, 3.63) is 83.9 Å². The molecule has 0 aliphatic heterocycles. The fraction of sp³-hybridized carbons (Fsp3) is 0.200. The Kier molecular flexibility index (Phi) is 7.27. The van der Waals surface area contributed by atoms with Crippen LogP contribution in [0.5, 0.6) is 5.75 Å². The number of carbonyl (C=O) groups is 2. The van der Waals surface area contributed by atoms with Crippen molar-refractivity contribution >= 4 is 28.9 Å². The number of hydrogen-bond acceptors (Lipinski definition) is 4. The van der Waals surface area contributed by atoms with Gasteiger partial charge in [0.1, 0.15) is 5.75 Å². The molecule has 6 heteroatoms. The molecule has 160 valence electrons. The number of phenolic OH excluding ortho intramolecular Hbond substituents is 1. The predicted molar refractivity (Wildman–Crippen MR) is 124 cm³/mol. The van der Waals surface area contributed by atoms with Gasteiger partial charge >= 0.3 is 0 Å². The number of rotatable bonds is 8. The molecule has 0 aromatic heterocycles. The fourth-order valence-electron chi connectivity index (χ4n) is 2.94. The molecule has 0 unspecified atom stereocenters. The summed E-state index contributed by atoms with van der Waals surface area (Å²) in [7, 11) is 0. The molecule has 0 radical (unpaired) electrons. The maximum absolute atomic E-state index is 12.4. The average Bonchev–Trinajstić information content (AvgIpc) is 2.74. The van der Waals surface area contributed by atoms with Crippen LogP contribution in [-0.4, -0.2) is 23.5 Å². The van der Waals surface area contributed by atoms with E-state index < -0.39 is 0 Å². The molecule has 0 saturated heterocycles. The van der Waals surface area contributed by atoms with E-state index in [4.69, 9.17) is 0 Å². The number of phenols is 1. The second kappa shape index (κ2) is 10.3. The summed E-state index contributed by atoms with van der Waals surface area (Å²) in [5.74, 6) is 0.325. The topological polar surface area (TPSA) is 90.5 Å². The molecule has 3 aromatic carbocycles. The average molecular weight is 418 g/mol. The van der Waals surface area contributed by atoms with Crippen molar-refractivity contribution in [3.63, 3.8) is 0 Å². The van der Waals surface area contributed by atoms with Crippen LogP contribution < -0.4 is 16.0 Å². The summed E-state index contributed by atoms with van der Waals surface area (Å²) in [5, 5.41) is 18.4. The number of hydrogen-bond donors (Lipinski definition) is 4. The third-order valence-electron chi connectivity index (χ3n) is 4.69. The molecule has 4 N–H and O–H groups in total. The summed E-state index contributed by atoms with van der Waals surface area (Å²) < 4.78 is 0. The molecular weight excluding hydrogens is 390 g/mol. The van der Waals surface area contributed by atoms with E-state index in [0.29, 0.717) is 29.3 Å². The van der Waals surface area contributed by atoms with Crippen LogP contribution in [0.1, 0.15) is 41.0 Å². The van der Waals surface area contributed by atoms with Crippen LogP contribution in [0.15, 0.2) is 72.8 Å². The van der Waals surface area contributed by atoms with Gasteiger partial charge in [0.2, 0.25) is 0 Å². The highest BCUT2D eigenvalue weighted by Gasteiger charge is 2.08. The van der Waals surface area contributed by atoms with Gasteiger partial charge in [0.25, 0.3) is 11.8 Å². The molecule has 0 spiro atoms. The molecule has 3 aromatic rings. The highest BCUT2D eigenvalue weighted by molar-refractivity contribution is 6.04. The Bertz CT molecular complexity index is 1030. The molecule has 0 heterocycles. The van der Waals surface area contributed by atoms with Crippen LogP contribution in [0.2, 0.25) is 0 Å². The SMILES string of the molecule is CC(C)CCNC(=O)c1ccc(Nc2cccc(NC(=O)c3ccc(O)cc3)c2)cc1. The van der Waals surface area contributed by atoms with Gasteiger partial charge in [-0.3, -0.25) is 9.59 Å². The number of aromatic hydroxyl groups is 1. The smallest absolute Gasteiger partial charge is 0.255 e. The molecule has 6 nitrogen and oxygen atoms in total. The largest absolute Gasteiger partial charge is 0.508 e. The Hall–Kier alpha value is -3.80. The summed E-state index contributed by atoms with van der Waals surface area (Å²) in [6.45, 7) is 4.92. The van der Waals surface area contributed by atoms with Gasteiger partial charge in [-0.1, -0.05) is 19.9 Å². The fourth-order valence-corrected chi connectivity index (χ4v) is 2.94. The number of carbonyl (C=O) groups excluding carboxylic acids is 2. The van der Waals surface area contributed by atoms with Crippen molar-refractivity contribution in [3.8, 4) is 5.75 Å². The van der Waals surface area contributed by atoms with E-state index in [-0.39, 0.29) is 17.6 Å². The van der Waals surface area contributed by atoms with Crippen molar-refractivity contribution in [2.24, 2.45) is 5.92 Å². The molecule has 0 bridgehead atoms. The van der Waals surface area contributed by atoms with E-state index in [0.717, 1.165) is 17.8 Å². The van der Waals surface area contributed by atoms with Crippen molar-refractivity contribution in [1.29, 1.82) is 0 Å². The minimum Gasteiger partial charge on any atom is -0.508 e. The van der Waals surface area contributed by atoms with Crippen molar-refractivity contribution in [2.75, 3.05) is 17.2 Å². The zero-order chi connectivity index (χ0) is 22.2. The minimum absolute atomic E-state index is 0.0776. The van der Waals surface area contributed by atoms with E-state index in [1.807, 2.05) is 30.3 Å². The standard InChI is InChI=1S/C25H27N3O3/c1-17(2)14-15-26-24(30)18-6-10-20(11-7-18)27-21-4-3-5-22(16-21)28-25(31)19-8-12-23(29)13-9-19/h3-13,16-17,27,29H,14-15H2,1-2H3,(H,26,30)(H,28,31). The first-order valence-electron chi connectivity index (χ1n) is 10.3. The second-order valence-corrected chi connectivity index (χ2v) is 7.72. The first-order chi connectivity index (χ1) is 14.9. The van der Waals surface area contributed by atoms with E-state index in [9.17, 15) is 14.7 Å². The van der Waals surface area contributed by atoms with E-state index in [1.165, 1.54) is 12.1 Å². The lowest BCUT2D eigenvalue weighted by Gasteiger charge is -2.11. The quantitative estimate of drug-likeness (QED) is 0.407. The van der Waals surface area contributed by atoms with Crippen LogP contribution in [0.3, 0.4) is 0 Å². The summed E-state index contributed by atoms with van der Waals surface area (Å²) >= 11 is 0. The number of benzene rings is 3. The molecule has 3 rings (SSSR count). The lowest BCUT2D eigenvalue weighted by atomic mass is 10.1.